The molecule has 268 valence electrons. The number of hydrogen-bond donors (Lipinski definition) is 4. The molecule has 0 saturated carbocycles. The van der Waals surface area contributed by atoms with Gasteiger partial charge in [-0.25, -0.2) is 24.5 Å². The van der Waals surface area contributed by atoms with Crippen LogP contribution in [0.1, 0.15) is 83.0 Å². The van der Waals surface area contributed by atoms with Crippen molar-refractivity contribution in [3.8, 4) is 33.1 Å². The van der Waals surface area contributed by atoms with E-state index in [1.54, 1.807) is 33.5 Å². The summed E-state index contributed by atoms with van der Waals surface area (Å²) in [5.41, 5.74) is 4.46. The van der Waals surface area contributed by atoms with Crippen LogP contribution in [-0.4, -0.2) is 88.1 Å². The molecule has 2 fully saturated rings. The van der Waals surface area contributed by atoms with E-state index in [0.717, 1.165) is 82.4 Å². The first-order chi connectivity index (χ1) is 24.7. The van der Waals surface area contributed by atoms with E-state index in [4.69, 9.17) is 9.72 Å². The van der Waals surface area contributed by atoms with E-state index in [1.165, 1.54) is 0 Å². The van der Waals surface area contributed by atoms with Crippen molar-refractivity contribution in [2.24, 2.45) is 5.92 Å². The maximum atomic E-state index is 13.3. The Hall–Kier alpha value is -5.18. The summed E-state index contributed by atoms with van der Waals surface area (Å²) in [4.78, 5) is 63.7. The molecule has 6 heterocycles. The van der Waals surface area contributed by atoms with E-state index in [2.05, 4.69) is 50.5 Å². The number of benzene rings is 1. The van der Waals surface area contributed by atoms with Gasteiger partial charge in [-0.3, -0.25) is 14.1 Å². The lowest BCUT2D eigenvalue weighted by Gasteiger charge is -2.29. The van der Waals surface area contributed by atoms with Crippen molar-refractivity contribution in [1.82, 2.24) is 44.4 Å². The van der Waals surface area contributed by atoms with Gasteiger partial charge in [-0.2, -0.15) is 0 Å². The zero-order chi connectivity index (χ0) is 35.6. The minimum atomic E-state index is -1.21. The molecule has 3 atom stereocenters. The molecule has 0 radical (unpaired) electrons. The molecule has 2 saturated heterocycles. The fourth-order valence-electron chi connectivity index (χ4n) is 6.96. The lowest BCUT2D eigenvalue weighted by Crippen LogP contribution is -2.50. The van der Waals surface area contributed by atoms with Crippen LogP contribution in [-0.2, 0) is 9.53 Å². The van der Waals surface area contributed by atoms with Crippen molar-refractivity contribution in [2.75, 3.05) is 19.7 Å². The molecule has 0 spiro atoms. The minimum Gasteiger partial charge on any atom is -0.465 e. The van der Waals surface area contributed by atoms with E-state index in [0.29, 0.717) is 25.5 Å². The number of amides is 3. The first kappa shape index (κ1) is 34.3. The number of carbonyl (C=O) groups excluding carboxylic acids is 2. The third kappa shape index (κ3) is 7.07. The molecule has 2 aliphatic heterocycles. The Morgan fingerprint density at radius 1 is 0.961 bits per heavy atom. The Bertz CT molecular complexity index is 1980. The third-order valence-electron chi connectivity index (χ3n) is 9.69. The highest BCUT2D eigenvalue weighted by Gasteiger charge is 2.37. The van der Waals surface area contributed by atoms with E-state index in [9.17, 15) is 19.5 Å². The number of fused-ring (bicyclic) bond motifs is 1. The predicted molar refractivity (Wildman–Crippen MR) is 192 cm³/mol. The average molecular weight is 714 g/mol. The summed E-state index contributed by atoms with van der Waals surface area (Å²) in [6.07, 6.45) is 11.3. The van der Waals surface area contributed by atoms with Gasteiger partial charge in [0.1, 0.15) is 23.4 Å². The standard InChI is InChI=1S/C36H43N9O5S/c1-4-5-16-50-36(49)45-15-7-9-28(45)32-38-18-25(40-32)26-19-43-20-29(51-34(43)41-26)23-12-10-22(11-13-23)24-17-37-31(39-24)27-8-6-14-44(27)33(46)30(21(2)3)42-35(47)48/h10-13,17-21,27-28,30,42H,4-9,14-16H2,1-3H3,(H,37,39)(H,38,40)(H,47,48)/t27-,28?,30-/m0/s1. The number of H-pyrrole nitrogens is 2. The molecule has 3 amide bonds. The maximum Gasteiger partial charge on any atom is 0.410 e. The highest BCUT2D eigenvalue weighted by molar-refractivity contribution is 7.20. The second-order valence-corrected chi connectivity index (χ2v) is 14.5. The van der Waals surface area contributed by atoms with Gasteiger partial charge in [0, 0.05) is 25.5 Å². The number of carbonyl (C=O) groups is 3. The summed E-state index contributed by atoms with van der Waals surface area (Å²) in [5.74, 6) is 1.04. The van der Waals surface area contributed by atoms with Crippen molar-refractivity contribution >= 4 is 34.4 Å². The second kappa shape index (κ2) is 14.6. The fourth-order valence-corrected chi connectivity index (χ4v) is 7.93. The number of nitrogens with one attached hydrogen (secondary N) is 3. The molecule has 5 aromatic rings. The van der Waals surface area contributed by atoms with Crippen molar-refractivity contribution in [3.63, 3.8) is 0 Å². The molecule has 51 heavy (non-hydrogen) atoms. The first-order valence-electron chi connectivity index (χ1n) is 17.6. The average Bonchev–Trinajstić information content (AvgIpc) is 3.95. The molecular formula is C36H43N9O5S. The number of imidazole rings is 3. The van der Waals surface area contributed by atoms with Crippen LogP contribution < -0.4 is 5.32 Å². The van der Waals surface area contributed by atoms with Crippen LogP contribution in [0.5, 0.6) is 0 Å². The molecular weight excluding hydrogens is 671 g/mol. The Kier molecular flexibility index (Phi) is 9.80. The Balaban J connectivity index is 1.01. The van der Waals surface area contributed by atoms with Gasteiger partial charge in [-0.15, -0.1) is 0 Å². The number of ether oxygens (including phenoxy) is 1. The summed E-state index contributed by atoms with van der Waals surface area (Å²) in [6.45, 7) is 7.40. The number of aromatic amines is 2. The number of likely N-dealkylation sites (tertiary alicyclic amines) is 2. The van der Waals surface area contributed by atoms with Crippen molar-refractivity contribution in [2.45, 2.75) is 77.4 Å². The fraction of sp³-hybridized carbons (Fsp3) is 0.444. The van der Waals surface area contributed by atoms with E-state index < -0.39 is 12.1 Å². The van der Waals surface area contributed by atoms with E-state index in [-0.39, 0.29) is 30.0 Å². The zero-order valence-corrected chi connectivity index (χ0v) is 29.8. The molecule has 7 rings (SSSR count). The van der Waals surface area contributed by atoms with Crippen LogP contribution in [0.2, 0.25) is 0 Å². The summed E-state index contributed by atoms with van der Waals surface area (Å²) < 4.78 is 7.48. The van der Waals surface area contributed by atoms with Crippen LogP contribution >= 0.6 is 11.3 Å². The third-order valence-corrected chi connectivity index (χ3v) is 10.7. The van der Waals surface area contributed by atoms with Gasteiger partial charge in [0.15, 0.2) is 4.96 Å². The summed E-state index contributed by atoms with van der Waals surface area (Å²) >= 11 is 1.59. The van der Waals surface area contributed by atoms with Gasteiger partial charge < -0.3 is 30.0 Å². The minimum absolute atomic E-state index is 0.133. The Labute approximate surface area is 299 Å². The smallest absolute Gasteiger partial charge is 0.410 e. The number of unbranched alkanes of at least 4 members (excludes halogenated alkanes) is 1. The highest BCUT2D eigenvalue weighted by atomic mass is 32.1. The lowest BCUT2D eigenvalue weighted by molar-refractivity contribution is -0.135. The molecule has 0 bridgehead atoms. The van der Waals surface area contributed by atoms with Crippen LogP contribution in [0.25, 0.3) is 38.0 Å². The number of nitrogens with zero attached hydrogens (tertiary/aromatic N) is 6. The second-order valence-electron chi connectivity index (χ2n) is 13.5. The molecule has 0 aliphatic carbocycles. The summed E-state index contributed by atoms with van der Waals surface area (Å²) in [7, 11) is 0. The van der Waals surface area contributed by atoms with Crippen LogP contribution in [0.4, 0.5) is 9.59 Å². The number of rotatable bonds is 11. The van der Waals surface area contributed by atoms with Crippen LogP contribution in [0.3, 0.4) is 0 Å². The van der Waals surface area contributed by atoms with Gasteiger partial charge >= 0.3 is 12.2 Å². The van der Waals surface area contributed by atoms with Crippen molar-refractivity contribution in [1.29, 1.82) is 0 Å². The monoisotopic (exact) mass is 713 g/mol. The summed E-state index contributed by atoms with van der Waals surface area (Å²) in [5, 5.41) is 11.7. The number of aromatic nitrogens is 6. The Morgan fingerprint density at radius 3 is 2.27 bits per heavy atom. The maximum absolute atomic E-state index is 13.3. The zero-order valence-electron chi connectivity index (χ0n) is 29.0. The lowest BCUT2D eigenvalue weighted by atomic mass is 10.0. The number of thiazole rings is 1. The molecule has 1 aromatic carbocycles. The van der Waals surface area contributed by atoms with E-state index >= 15 is 0 Å². The van der Waals surface area contributed by atoms with Crippen LogP contribution in [0, 0.1) is 5.92 Å². The quantitative estimate of drug-likeness (QED) is 0.107. The van der Waals surface area contributed by atoms with Gasteiger partial charge in [0.2, 0.25) is 5.91 Å². The molecule has 4 N–H and O–H groups in total. The number of hydrogen-bond acceptors (Lipinski definition) is 8. The highest BCUT2D eigenvalue weighted by Crippen LogP contribution is 2.36. The number of carboxylic acid groups (broad SMARTS) is 1. The first-order valence-corrected chi connectivity index (χ1v) is 18.4. The summed E-state index contributed by atoms with van der Waals surface area (Å²) in [6, 6.07) is 7.05. The molecule has 4 aromatic heterocycles. The predicted octanol–water partition coefficient (Wildman–Crippen LogP) is 6.87. The van der Waals surface area contributed by atoms with E-state index in [1.807, 2.05) is 36.6 Å². The van der Waals surface area contributed by atoms with Gasteiger partial charge in [0.25, 0.3) is 0 Å². The van der Waals surface area contributed by atoms with Gasteiger partial charge in [0.05, 0.1) is 47.3 Å². The largest absolute Gasteiger partial charge is 0.465 e. The Morgan fingerprint density at radius 2 is 1.61 bits per heavy atom. The molecule has 14 nitrogen and oxygen atoms in total. The van der Waals surface area contributed by atoms with Crippen LogP contribution in [0.15, 0.2) is 49.1 Å². The molecule has 15 heteroatoms. The molecule has 1 unspecified atom stereocenters. The molecule has 2 aliphatic rings. The normalized spacial score (nSPS) is 18.2. The van der Waals surface area contributed by atoms with Gasteiger partial charge in [-0.05, 0) is 49.1 Å². The van der Waals surface area contributed by atoms with Crippen molar-refractivity contribution in [3.05, 3.63) is 60.7 Å². The SMILES string of the molecule is CCCCOC(=O)N1CCCC1c1ncc(-c2cn3cc(-c4ccc(-c5cnc([C@@H]6CCCN6C(=O)[C@@H](NC(=O)O)C(C)C)[nH]5)cc4)sc3n2)[nH]1. The topological polar surface area (TPSA) is 174 Å². The van der Waals surface area contributed by atoms with Crippen molar-refractivity contribution < 1.29 is 24.2 Å². The van der Waals surface area contributed by atoms with Gasteiger partial charge in [-0.1, -0.05) is 62.8 Å².